The van der Waals surface area contributed by atoms with Crippen molar-refractivity contribution in [3.63, 3.8) is 0 Å². The molecule has 0 bridgehead atoms. The Hall–Kier alpha value is -0.740. The fraction of sp³-hybridized carbons (Fsp3) is 0.647. The van der Waals surface area contributed by atoms with E-state index in [4.69, 9.17) is 9.47 Å². The highest BCUT2D eigenvalue weighted by atomic mass is 79.9. The van der Waals surface area contributed by atoms with Crippen LogP contribution in [0.1, 0.15) is 43.6 Å². The summed E-state index contributed by atoms with van der Waals surface area (Å²) >= 11 is 3.63. The number of nitrogens with one attached hydrogen (secondary N) is 1. The van der Waals surface area contributed by atoms with E-state index in [1.165, 1.54) is 37.7 Å². The number of rotatable bonds is 6. The highest BCUT2D eigenvalue weighted by molar-refractivity contribution is 9.10. The molecule has 21 heavy (non-hydrogen) atoms. The minimum atomic E-state index is 0.591. The number of benzene rings is 1. The first kappa shape index (κ1) is 15.2. The predicted molar refractivity (Wildman–Crippen MR) is 88.4 cm³/mol. The largest absolute Gasteiger partial charge is 0.495 e. The Labute approximate surface area is 135 Å². The van der Waals surface area contributed by atoms with Gasteiger partial charge in [-0.25, -0.2) is 0 Å². The molecule has 2 atom stereocenters. The average molecular weight is 354 g/mol. The Morgan fingerprint density at radius 3 is 2.62 bits per heavy atom. The van der Waals surface area contributed by atoms with Crippen LogP contribution in [0, 0.1) is 5.92 Å². The van der Waals surface area contributed by atoms with Gasteiger partial charge in [0.1, 0.15) is 16.0 Å². The third-order valence-electron chi connectivity index (χ3n) is 4.82. The molecule has 116 valence electrons. The lowest BCUT2D eigenvalue weighted by Gasteiger charge is -2.23. The molecular weight excluding hydrogens is 330 g/mol. The van der Waals surface area contributed by atoms with E-state index in [-0.39, 0.29) is 0 Å². The van der Waals surface area contributed by atoms with Gasteiger partial charge in [-0.2, -0.15) is 0 Å². The molecule has 0 aromatic heterocycles. The van der Waals surface area contributed by atoms with Crippen molar-refractivity contribution in [2.45, 2.75) is 44.1 Å². The number of halogens is 1. The van der Waals surface area contributed by atoms with Gasteiger partial charge in [-0.3, -0.25) is 0 Å². The first-order valence-electron chi connectivity index (χ1n) is 7.88. The van der Waals surface area contributed by atoms with Gasteiger partial charge in [0.2, 0.25) is 0 Å². The molecule has 1 aromatic rings. The lowest BCUT2D eigenvalue weighted by Crippen LogP contribution is -2.26. The number of ether oxygens (including phenoxy) is 2. The van der Waals surface area contributed by atoms with Gasteiger partial charge >= 0.3 is 0 Å². The summed E-state index contributed by atoms with van der Waals surface area (Å²) in [7, 11) is 3.44. The van der Waals surface area contributed by atoms with Crippen LogP contribution in [0.5, 0.6) is 11.5 Å². The second kappa shape index (κ2) is 6.57. The molecule has 2 aliphatic carbocycles. The van der Waals surface area contributed by atoms with Gasteiger partial charge in [0.25, 0.3) is 0 Å². The van der Waals surface area contributed by atoms with E-state index in [0.29, 0.717) is 5.92 Å². The third kappa shape index (κ3) is 3.21. The van der Waals surface area contributed by atoms with Crippen molar-refractivity contribution >= 4 is 15.9 Å². The SMILES string of the molecule is COc1ccc(C2CCCC2CNC2CC2)c(OC)c1Br. The molecule has 0 radical (unpaired) electrons. The van der Waals surface area contributed by atoms with Crippen LogP contribution in [0.2, 0.25) is 0 Å². The molecule has 1 aromatic carbocycles. The van der Waals surface area contributed by atoms with E-state index < -0.39 is 0 Å². The fourth-order valence-corrected chi connectivity index (χ4v) is 4.19. The summed E-state index contributed by atoms with van der Waals surface area (Å²) in [4.78, 5) is 0. The zero-order valence-corrected chi connectivity index (χ0v) is 14.4. The third-order valence-corrected chi connectivity index (χ3v) is 5.57. The van der Waals surface area contributed by atoms with Gasteiger partial charge in [0.15, 0.2) is 0 Å². The molecule has 0 spiro atoms. The molecule has 0 amide bonds. The average Bonchev–Trinajstić information content (AvgIpc) is 3.21. The zero-order valence-electron chi connectivity index (χ0n) is 12.8. The van der Waals surface area contributed by atoms with Gasteiger partial charge < -0.3 is 14.8 Å². The normalized spacial score (nSPS) is 25.1. The van der Waals surface area contributed by atoms with Crippen LogP contribution in [-0.2, 0) is 0 Å². The summed E-state index contributed by atoms with van der Waals surface area (Å²) in [6.07, 6.45) is 6.60. The second-order valence-corrected chi connectivity index (χ2v) is 6.98. The molecule has 4 heteroatoms. The monoisotopic (exact) mass is 353 g/mol. The van der Waals surface area contributed by atoms with E-state index in [1.54, 1.807) is 14.2 Å². The van der Waals surface area contributed by atoms with Crippen LogP contribution in [0.4, 0.5) is 0 Å². The summed E-state index contributed by atoms with van der Waals surface area (Å²) in [6, 6.07) is 5.02. The number of methoxy groups -OCH3 is 2. The molecule has 0 saturated heterocycles. The summed E-state index contributed by atoms with van der Waals surface area (Å²) in [6.45, 7) is 1.14. The van der Waals surface area contributed by atoms with Crippen LogP contribution in [0.3, 0.4) is 0 Å². The number of hydrogen-bond acceptors (Lipinski definition) is 3. The van der Waals surface area contributed by atoms with Gasteiger partial charge in [0, 0.05) is 6.04 Å². The summed E-state index contributed by atoms with van der Waals surface area (Å²) < 4.78 is 12.0. The Balaban J connectivity index is 1.81. The molecular formula is C17H24BrNO2. The standard InChI is InChI=1S/C17H24BrNO2/c1-20-15-9-8-14(17(21-2)16(15)18)13-5-3-4-11(13)10-19-12-6-7-12/h8-9,11-13,19H,3-7,10H2,1-2H3. The van der Waals surface area contributed by atoms with E-state index in [2.05, 4.69) is 27.3 Å². The van der Waals surface area contributed by atoms with Crippen LogP contribution in [-0.4, -0.2) is 26.8 Å². The Morgan fingerprint density at radius 1 is 1.14 bits per heavy atom. The van der Waals surface area contributed by atoms with Crippen molar-refractivity contribution in [1.82, 2.24) is 5.32 Å². The van der Waals surface area contributed by atoms with E-state index >= 15 is 0 Å². The molecule has 2 fully saturated rings. The molecule has 1 N–H and O–H groups in total. The van der Waals surface area contributed by atoms with Crippen molar-refractivity contribution in [3.8, 4) is 11.5 Å². The highest BCUT2D eigenvalue weighted by Crippen LogP contribution is 2.47. The van der Waals surface area contributed by atoms with Crippen molar-refractivity contribution in [3.05, 3.63) is 22.2 Å². The highest BCUT2D eigenvalue weighted by Gasteiger charge is 2.33. The minimum Gasteiger partial charge on any atom is -0.495 e. The second-order valence-electron chi connectivity index (χ2n) is 6.18. The summed E-state index contributed by atoms with van der Waals surface area (Å²) in [5, 5.41) is 3.70. The van der Waals surface area contributed by atoms with E-state index in [9.17, 15) is 0 Å². The first-order valence-corrected chi connectivity index (χ1v) is 8.67. The molecule has 0 aliphatic heterocycles. The molecule has 2 saturated carbocycles. The molecule has 3 nitrogen and oxygen atoms in total. The lowest BCUT2D eigenvalue weighted by atomic mass is 9.88. The van der Waals surface area contributed by atoms with Gasteiger partial charge in [-0.05, 0) is 71.6 Å². The molecule has 2 unspecified atom stereocenters. The Morgan fingerprint density at radius 2 is 1.95 bits per heavy atom. The zero-order chi connectivity index (χ0) is 14.8. The van der Waals surface area contributed by atoms with Crippen LogP contribution in [0.15, 0.2) is 16.6 Å². The lowest BCUT2D eigenvalue weighted by molar-refractivity contribution is 0.374. The summed E-state index contributed by atoms with van der Waals surface area (Å²) in [5.74, 6) is 3.09. The van der Waals surface area contributed by atoms with Gasteiger partial charge in [-0.1, -0.05) is 12.5 Å². The van der Waals surface area contributed by atoms with Crippen molar-refractivity contribution in [2.24, 2.45) is 5.92 Å². The predicted octanol–water partition coefficient (Wildman–Crippen LogP) is 4.10. The minimum absolute atomic E-state index is 0.591. The quantitative estimate of drug-likeness (QED) is 0.834. The van der Waals surface area contributed by atoms with Crippen molar-refractivity contribution in [2.75, 3.05) is 20.8 Å². The van der Waals surface area contributed by atoms with E-state index in [1.807, 2.05) is 6.07 Å². The smallest absolute Gasteiger partial charge is 0.140 e. The maximum atomic E-state index is 5.67. The Bertz CT molecular complexity index is 502. The molecule has 2 aliphatic rings. The maximum Gasteiger partial charge on any atom is 0.140 e. The van der Waals surface area contributed by atoms with Gasteiger partial charge in [0.05, 0.1) is 14.2 Å². The van der Waals surface area contributed by atoms with Crippen molar-refractivity contribution in [1.29, 1.82) is 0 Å². The van der Waals surface area contributed by atoms with Crippen LogP contribution >= 0.6 is 15.9 Å². The van der Waals surface area contributed by atoms with Crippen LogP contribution in [0.25, 0.3) is 0 Å². The fourth-order valence-electron chi connectivity index (χ4n) is 3.51. The van der Waals surface area contributed by atoms with Gasteiger partial charge in [-0.15, -0.1) is 0 Å². The van der Waals surface area contributed by atoms with Crippen molar-refractivity contribution < 1.29 is 9.47 Å². The van der Waals surface area contributed by atoms with E-state index in [0.717, 1.165) is 34.5 Å². The summed E-state index contributed by atoms with van der Waals surface area (Å²) in [5.41, 5.74) is 1.32. The molecule has 0 heterocycles. The maximum absolute atomic E-state index is 5.67. The first-order chi connectivity index (χ1) is 10.2. The molecule has 3 rings (SSSR count). The van der Waals surface area contributed by atoms with Crippen LogP contribution < -0.4 is 14.8 Å². The topological polar surface area (TPSA) is 30.5 Å². The Kier molecular flexibility index (Phi) is 4.75. The number of hydrogen-bond donors (Lipinski definition) is 1.